The standard InChI is InChI=1S/C55H37GeN3/c1-3-20-38(21-4-1)57-48-32-13-7-24-40(48)55(41-25-8-14-33-49(41)57)42-26-9-15-34-50(42)59-53-37-18-12-30-46(53)56(47-31-19-27-43(55)54(47)59)44-28-10-16-35-51(44)58(39-22-5-2-6-23-39)52-36-17-11-29-45(52)56/h1-37H. The van der Waals surface area contributed by atoms with Crippen molar-refractivity contribution in [1.82, 2.24) is 0 Å². The molecule has 4 heteroatoms. The molecule has 0 aromatic heterocycles. The number of para-hydroxylation sites is 9. The zero-order valence-corrected chi connectivity index (χ0v) is 34.3. The van der Waals surface area contributed by atoms with E-state index in [0.717, 1.165) is 5.69 Å². The Balaban J connectivity index is 1.20. The first-order valence-corrected chi connectivity index (χ1v) is 24.7. The molecule has 0 amide bonds. The van der Waals surface area contributed by atoms with E-state index in [1.165, 1.54) is 85.3 Å². The predicted octanol–water partition coefficient (Wildman–Crippen LogP) is 11.1. The van der Waals surface area contributed by atoms with Crippen molar-refractivity contribution in [3.63, 3.8) is 0 Å². The van der Waals surface area contributed by atoms with Crippen molar-refractivity contribution in [2.45, 2.75) is 5.41 Å². The van der Waals surface area contributed by atoms with E-state index in [2.05, 4.69) is 239 Å². The molecule has 276 valence electrons. The maximum absolute atomic E-state index is 3.87. The van der Waals surface area contributed by atoms with Gasteiger partial charge in [0.2, 0.25) is 0 Å². The van der Waals surface area contributed by atoms with Crippen molar-refractivity contribution in [1.29, 1.82) is 0 Å². The van der Waals surface area contributed by atoms with Crippen LogP contribution in [0.3, 0.4) is 0 Å². The zero-order chi connectivity index (χ0) is 38.7. The van der Waals surface area contributed by atoms with Crippen LogP contribution in [0.2, 0.25) is 0 Å². The fourth-order valence-electron chi connectivity index (χ4n) is 11.4. The van der Waals surface area contributed by atoms with Gasteiger partial charge in [-0.25, -0.2) is 0 Å². The Hall–Kier alpha value is -7.08. The summed E-state index contributed by atoms with van der Waals surface area (Å²) in [4.78, 5) is 7.62. The summed E-state index contributed by atoms with van der Waals surface area (Å²) in [5.41, 5.74) is 15.8. The summed E-state index contributed by atoms with van der Waals surface area (Å²) < 4.78 is 5.87. The second-order valence-electron chi connectivity index (χ2n) is 16.0. The molecule has 2 spiro atoms. The van der Waals surface area contributed by atoms with Crippen molar-refractivity contribution in [3.8, 4) is 0 Å². The number of anilines is 9. The summed E-state index contributed by atoms with van der Waals surface area (Å²) in [6.45, 7) is 0. The quantitative estimate of drug-likeness (QED) is 0.161. The molecule has 0 unspecified atom stereocenters. The molecule has 0 saturated heterocycles. The summed E-state index contributed by atoms with van der Waals surface area (Å²) >= 11 is -3.87. The molecule has 4 heterocycles. The van der Waals surface area contributed by atoms with Crippen molar-refractivity contribution < 1.29 is 0 Å². The minimum atomic E-state index is -3.87. The van der Waals surface area contributed by atoms with Crippen molar-refractivity contribution in [3.05, 3.63) is 247 Å². The SMILES string of the molecule is c1ccc(N2c3ccccc3C3(c4ccccc42)c2ccccc2N2c4cccc[c]4[Ge]4([c]5ccccc5N(c5ccccc5)c5cccc[c]54)[c]4cccc3c42)cc1. The molecule has 4 aliphatic rings. The fourth-order valence-corrected chi connectivity index (χ4v) is 22.9. The number of hydrogen-bond donors (Lipinski definition) is 0. The van der Waals surface area contributed by atoms with Crippen LogP contribution in [0.25, 0.3) is 0 Å². The molecule has 0 atom stereocenters. The van der Waals surface area contributed by atoms with Crippen molar-refractivity contribution >= 4 is 82.0 Å². The van der Waals surface area contributed by atoms with E-state index in [1.54, 1.807) is 0 Å². The average Bonchev–Trinajstić information content (AvgIpc) is 3.31. The molecule has 9 aromatic carbocycles. The van der Waals surface area contributed by atoms with Crippen LogP contribution in [0, 0.1) is 0 Å². The van der Waals surface area contributed by atoms with Gasteiger partial charge in [-0.15, -0.1) is 0 Å². The third-order valence-electron chi connectivity index (χ3n) is 13.4. The third kappa shape index (κ3) is 4.08. The summed E-state index contributed by atoms with van der Waals surface area (Å²) in [6.07, 6.45) is 0. The van der Waals surface area contributed by atoms with Gasteiger partial charge in [0.1, 0.15) is 0 Å². The number of rotatable bonds is 2. The van der Waals surface area contributed by atoms with Gasteiger partial charge in [-0.1, -0.05) is 0 Å². The van der Waals surface area contributed by atoms with Crippen LogP contribution in [-0.2, 0) is 5.41 Å². The Morgan fingerprint density at radius 2 is 0.576 bits per heavy atom. The monoisotopic (exact) mass is 813 g/mol. The summed E-state index contributed by atoms with van der Waals surface area (Å²) in [7, 11) is 0. The molecule has 0 bridgehead atoms. The van der Waals surface area contributed by atoms with Gasteiger partial charge in [0.15, 0.2) is 0 Å². The molecule has 13 rings (SSSR count). The van der Waals surface area contributed by atoms with Crippen LogP contribution < -0.4 is 32.3 Å². The third-order valence-corrected chi connectivity index (χ3v) is 23.7. The van der Waals surface area contributed by atoms with Crippen molar-refractivity contribution in [2.75, 3.05) is 14.7 Å². The Bertz CT molecular complexity index is 2820. The molecule has 4 aliphatic heterocycles. The summed E-state index contributed by atoms with van der Waals surface area (Å²) in [5.74, 6) is 0. The fraction of sp³-hybridized carbons (Fsp3) is 0.0182. The summed E-state index contributed by atoms with van der Waals surface area (Å²) in [5, 5.41) is 0. The molecular weight excluding hydrogens is 775 g/mol. The van der Waals surface area contributed by atoms with Gasteiger partial charge in [-0.2, -0.15) is 0 Å². The van der Waals surface area contributed by atoms with Crippen LogP contribution in [0.1, 0.15) is 22.3 Å². The minimum absolute atomic E-state index is 0.601. The Morgan fingerprint density at radius 1 is 0.254 bits per heavy atom. The first-order chi connectivity index (χ1) is 29.3. The molecule has 59 heavy (non-hydrogen) atoms. The molecule has 0 radical (unpaired) electrons. The summed E-state index contributed by atoms with van der Waals surface area (Å²) in [6, 6.07) is 84.7. The number of hydrogen-bond acceptors (Lipinski definition) is 3. The molecule has 0 saturated carbocycles. The maximum atomic E-state index is 2.64. The average molecular weight is 813 g/mol. The topological polar surface area (TPSA) is 9.72 Å². The number of nitrogens with zero attached hydrogens (tertiary/aromatic N) is 3. The van der Waals surface area contributed by atoms with Gasteiger partial charge in [-0.05, 0) is 0 Å². The molecule has 0 fully saturated rings. The van der Waals surface area contributed by atoms with Crippen LogP contribution in [0.5, 0.6) is 0 Å². The van der Waals surface area contributed by atoms with Gasteiger partial charge >= 0.3 is 349 Å². The van der Waals surface area contributed by atoms with Crippen molar-refractivity contribution in [2.24, 2.45) is 0 Å². The van der Waals surface area contributed by atoms with Gasteiger partial charge < -0.3 is 0 Å². The normalized spacial score (nSPS) is 15.3. The molecule has 3 nitrogen and oxygen atoms in total. The Morgan fingerprint density at radius 3 is 1.05 bits per heavy atom. The predicted molar refractivity (Wildman–Crippen MR) is 247 cm³/mol. The van der Waals surface area contributed by atoms with Gasteiger partial charge in [-0.3, -0.25) is 0 Å². The number of fused-ring (bicyclic) bond motifs is 16. The first-order valence-electron chi connectivity index (χ1n) is 20.5. The molecular formula is C55H37GeN3. The zero-order valence-electron chi connectivity index (χ0n) is 32.2. The Labute approximate surface area is 347 Å². The second-order valence-corrected chi connectivity index (χ2v) is 23.6. The van der Waals surface area contributed by atoms with E-state index in [-0.39, 0.29) is 0 Å². The van der Waals surface area contributed by atoms with E-state index in [1.807, 2.05) is 0 Å². The molecule has 9 aromatic rings. The second kappa shape index (κ2) is 12.2. The van der Waals surface area contributed by atoms with E-state index in [0.29, 0.717) is 0 Å². The van der Waals surface area contributed by atoms with Crippen LogP contribution in [0.4, 0.5) is 51.2 Å². The number of benzene rings is 9. The van der Waals surface area contributed by atoms with Gasteiger partial charge in [0, 0.05) is 0 Å². The first kappa shape index (κ1) is 33.0. The van der Waals surface area contributed by atoms with Crippen LogP contribution >= 0.6 is 0 Å². The van der Waals surface area contributed by atoms with Crippen LogP contribution in [0.15, 0.2) is 224 Å². The molecule has 0 aliphatic carbocycles. The van der Waals surface area contributed by atoms with E-state index in [4.69, 9.17) is 0 Å². The van der Waals surface area contributed by atoms with E-state index >= 15 is 0 Å². The van der Waals surface area contributed by atoms with Crippen LogP contribution in [-0.4, -0.2) is 13.3 Å². The Kier molecular flexibility index (Phi) is 6.82. The molecule has 0 N–H and O–H groups in total. The van der Waals surface area contributed by atoms with Gasteiger partial charge in [0.05, 0.1) is 0 Å². The van der Waals surface area contributed by atoms with E-state index < -0.39 is 18.7 Å². The van der Waals surface area contributed by atoms with Gasteiger partial charge in [0.25, 0.3) is 0 Å². The van der Waals surface area contributed by atoms with E-state index in [9.17, 15) is 0 Å².